The van der Waals surface area contributed by atoms with Crippen molar-refractivity contribution in [1.29, 1.82) is 0 Å². The number of allylic oxidation sites excluding steroid dienone is 5. The van der Waals surface area contributed by atoms with Gasteiger partial charge in [0.25, 0.3) is 0 Å². The Bertz CT molecular complexity index is 228. The average molecular weight is 178 g/mol. The minimum Gasteiger partial charge on any atom is -0.0959 e. The van der Waals surface area contributed by atoms with Crippen LogP contribution in [-0.2, 0) is 0 Å². The molecule has 13 heavy (non-hydrogen) atoms. The summed E-state index contributed by atoms with van der Waals surface area (Å²) in [6.07, 6.45) is 5.68. The molecule has 0 bridgehead atoms. The molecule has 0 saturated heterocycles. The molecule has 0 nitrogen and oxygen atoms in total. The third-order valence-corrected chi connectivity index (χ3v) is 2.60. The molecule has 0 aliphatic rings. The van der Waals surface area contributed by atoms with Gasteiger partial charge in [0.1, 0.15) is 0 Å². The zero-order chi connectivity index (χ0) is 10.4. The SMILES string of the molecule is C=C(C)/C(C)=C/C(CC)/C(C)=C\C. The molecule has 0 N–H and O–H groups in total. The van der Waals surface area contributed by atoms with Crippen LogP contribution in [0.4, 0.5) is 0 Å². The molecule has 0 spiro atoms. The van der Waals surface area contributed by atoms with Gasteiger partial charge in [0, 0.05) is 0 Å². The Balaban J connectivity index is 4.63. The fourth-order valence-electron chi connectivity index (χ4n) is 1.23. The highest BCUT2D eigenvalue weighted by Gasteiger charge is 2.04. The second-order valence-corrected chi connectivity index (χ2v) is 3.68. The van der Waals surface area contributed by atoms with E-state index in [1.165, 1.54) is 23.1 Å². The summed E-state index contributed by atoms with van der Waals surface area (Å²) in [6.45, 7) is 14.6. The van der Waals surface area contributed by atoms with E-state index in [1.54, 1.807) is 0 Å². The van der Waals surface area contributed by atoms with Crippen molar-refractivity contribution in [3.8, 4) is 0 Å². The highest BCUT2D eigenvalue weighted by Crippen LogP contribution is 2.19. The van der Waals surface area contributed by atoms with Gasteiger partial charge < -0.3 is 0 Å². The Morgan fingerprint density at radius 1 is 1.31 bits per heavy atom. The van der Waals surface area contributed by atoms with E-state index in [4.69, 9.17) is 0 Å². The summed E-state index contributed by atoms with van der Waals surface area (Å²) >= 11 is 0. The maximum Gasteiger partial charge on any atom is -0.00230 e. The first kappa shape index (κ1) is 12.2. The number of hydrogen-bond acceptors (Lipinski definition) is 0. The van der Waals surface area contributed by atoms with E-state index in [0.29, 0.717) is 5.92 Å². The molecule has 0 rings (SSSR count). The first-order valence-electron chi connectivity index (χ1n) is 5.00. The molecule has 0 aliphatic carbocycles. The quantitative estimate of drug-likeness (QED) is 0.439. The molecule has 1 atom stereocenters. The number of rotatable bonds is 4. The summed E-state index contributed by atoms with van der Waals surface area (Å²) in [6, 6.07) is 0. The van der Waals surface area contributed by atoms with E-state index in [0.717, 1.165) is 0 Å². The first-order valence-corrected chi connectivity index (χ1v) is 5.00. The van der Waals surface area contributed by atoms with Crippen LogP contribution in [0.2, 0.25) is 0 Å². The van der Waals surface area contributed by atoms with Crippen molar-refractivity contribution in [1.82, 2.24) is 0 Å². The topological polar surface area (TPSA) is 0 Å². The summed E-state index contributed by atoms with van der Waals surface area (Å²) in [5.74, 6) is 0.585. The van der Waals surface area contributed by atoms with Crippen LogP contribution in [0, 0.1) is 5.92 Å². The maximum atomic E-state index is 3.94. The molecule has 1 unspecified atom stereocenters. The van der Waals surface area contributed by atoms with Crippen LogP contribution >= 0.6 is 0 Å². The van der Waals surface area contributed by atoms with Gasteiger partial charge >= 0.3 is 0 Å². The summed E-state index contributed by atoms with van der Waals surface area (Å²) in [4.78, 5) is 0. The Morgan fingerprint density at radius 2 is 1.85 bits per heavy atom. The average Bonchev–Trinajstić information content (AvgIpc) is 2.12. The Hall–Kier alpha value is -0.780. The lowest BCUT2D eigenvalue weighted by molar-refractivity contribution is 0.720. The van der Waals surface area contributed by atoms with E-state index < -0.39 is 0 Å². The largest absolute Gasteiger partial charge is 0.0959 e. The van der Waals surface area contributed by atoms with Crippen LogP contribution in [0.5, 0.6) is 0 Å². The molecule has 0 saturated carbocycles. The summed E-state index contributed by atoms with van der Waals surface area (Å²) in [5.41, 5.74) is 3.93. The highest BCUT2D eigenvalue weighted by molar-refractivity contribution is 5.27. The molecule has 0 heteroatoms. The standard InChI is InChI=1S/C13H22/c1-7-11(5)13(8-2)9-12(6)10(3)4/h7,9,13H,3,8H2,1-2,4-6H3/b11-7-,12-9+. The van der Waals surface area contributed by atoms with Gasteiger partial charge in [-0.25, -0.2) is 0 Å². The summed E-state index contributed by atoms with van der Waals surface area (Å²) in [5, 5.41) is 0. The van der Waals surface area contributed by atoms with Crippen LogP contribution in [0.25, 0.3) is 0 Å². The minimum atomic E-state index is 0.585. The van der Waals surface area contributed by atoms with Gasteiger partial charge in [-0.3, -0.25) is 0 Å². The number of hydrogen-bond donors (Lipinski definition) is 0. The molecule has 74 valence electrons. The highest BCUT2D eigenvalue weighted by atomic mass is 14.1. The lowest BCUT2D eigenvalue weighted by atomic mass is 9.94. The predicted octanol–water partition coefficient (Wildman–Crippen LogP) is 4.50. The van der Waals surface area contributed by atoms with Crippen LogP contribution in [-0.4, -0.2) is 0 Å². The van der Waals surface area contributed by atoms with E-state index in [-0.39, 0.29) is 0 Å². The molecule has 0 aliphatic heterocycles. The van der Waals surface area contributed by atoms with Crippen LogP contribution in [0.15, 0.2) is 35.5 Å². The van der Waals surface area contributed by atoms with E-state index >= 15 is 0 Å². The lowest BCUT2D eigenvalue weighted by Crippen LogP contribution is -1.97. The van der Waals surface area contributed by atoms with Crippen molar-refractivity contribution in [3.05, 3.63) is 35.5 Å². The van der Waals surface area contributed by atoms with Gasteiger partial charge in [-0.1, -0.05) is 42.4 Å². The van der Waals surface area contributed by atoms with E-state index in [1.807, 2.05) is 0 Å². The van der Waals surface area contributed by atoms with Gasteiger partial charge in [-0.05, 0) is 40.0 Å². The molecule has 0 aromatic rings. The van der Waals surface area contributed by atoms with Gasteiger partial charge in [-0.2, -0.15) is 0 Å². The Morgan fingerprint density at radius 3 is 2.15 bits per heavy atom. The van der Waals surface area contributed by atoms with Gasteiger partial charge in [-0.15, -0.1) is 0 Å². The van der Waals surface area contributed by atoms with Crippen molar-refractivity contribution in [2.75, 3.05) is 0 Å². The lowest BCUT2D eigenvalue weighted by Gasteiger charge is -2.12. The third kappa shape index (κ3) is 4.12. The Labute approximate surface area is 83.0 Å². The zero-order valence-corrected chi connectivity index (χ0v) is 9.65. The second kappa shape index (κ2) is 5.80. The first-order chi connectivity index (χ1) is 6.02. The van der Waals surface area contributed by atoms with Crippen molar-refractivity contribution < 1.29 is 0 Å². The van der Waals surface area contributed by atoms with Crippen molar-refractivity contribution in [2.45, 2.75) is 41.0 Å². The zero-order valence-electron chi connectivity index (χ0n) is 9.65. The molecule has 0 fully saturated rings. The van der Waals surface area contributed by atoms with Crippen molar-refractivity contribution in [3.63, 3.8) is 0 Å². The van der Waals surface area contributed by atoms with Crippen LogP contribution in [0.1, 0.15) is 41.0 Å². The van der Waals surface area contributed by atoms with Gasteiger partial charge in [0.05, 0.1) is 0 Å². The van der Waals surface area contributed by atoms with Gasteiger partial charge in [0.2, 0.25) is 0 Å². The molecular formula is C13H22. The normalized spacial score (nSPS) is 15.8. The fraction of sp³-hybridized carbons (Fsp3) is 0.538. The van der Waals surface area contributed by atoms with Crippen molar-refractivity contribution >= 4 is 0 Å². The predicted molar refractivity (Wildman–Crippen MR) is 61.8 cm³/mol. The molecule has 0 amide bonds. The molecule has 0 radical (unpaired) electrons. The van der Waals surface area contributed by atoms with E-state index in [9.17, 15) is 0 Å². The summed E-state index contributed by atoms with van der Waals surface area (Å²) < 4.78 is 0. The molecular weight excluding hydrogens is 156 g/mol. The van der Waals surface area contributed by atoms with Crippen LogP contribution in [0.3, 0.4) is 0 Å². The van der Waals surface area contributed by atoms with E-state index in [2.05, 4.69) is 53.3 Å². The maximum absolute atomic E-state index is 3.94. The fourth-order valence-corrected chi connectivity index (χ4v) is 1.23. The van der Waals surface area contributed by atoms with Gasteiger partial charge in [0.15, 0.2) is 0 Å². The van der Waals surface area contributed by atoms with Crippen LogP contribution < -0.4 is 0 Å². The minimum absolute atomic E-state index is 0.585. The monoisotopic (exact) mass is 178 g/mol. The summed E-state index contributed by atoms with van der Waals surface area (Å²) in [7, 11) is 0. The second-order valence-electron chi connectivity index (χ2n) is 3.68. The molecule has 0 aromatic heterocycles. The molecule has 0 aromatic carbocycles. The third-order valence-electron chi connectivity index (χ3n) is 2.60. The molecule has 0 heterocycles. The smallest absolute Gasteiger partial charge is 0.00230 e. The van der Waals surface area contributed by atoms with Crippen molar-refractivity contribution in [2.24, 2.45) is 5.92 Å². The Kier molecular flexibility index (Phi) is 5.45.